The van der Waals surface area contributed by atoms with E-state index in [1.807, 2.05) is 0 Å². The standard InChI is InChI=1S/C12H26N2O2/c1-10(2)7-13-8-11(3)14-9-12-15-5-4-6-16-12/h10-14H,4-9H2,1-3H3. The van der Waals surface area contributed by atoms with Crippen molar-refractivity contribution in [3.63, 3.8) is 0 Å². The SMILES string of the molecule is CC(C)CNCC(C)NCC1OCCCO1. The van der Waals surface area contributed by atoms with Crippen molar-refractivity contribution in [2.45, 2.75) is 39.5 Å². The van der Waals surface area contributed by atoms with E-state index in [2.05, 4.69) is 31.4 Å². The summed E-state index contributed by atoms with van der Waals surface area (Å²) in [5, 5.41) is 6.84. The molecule has 1 unspecified atom stereocenters. The van der Waals surface area contributed by atoms with Crippen molar-refractivity contribution in [3.05, 3.63) is 0 Å². The van der Waals surface area contributed by atoms with Crippen LogP contribution in [0.15, 0.2) is 0 Å². The van der Waals surface area contributed by atoms with Crippen LogP contribution in [0.1, 0.15) is 27.2 Å². The predicted octanol–water partition coefficient (Wildman–Crippen LogP) is 0.973. The molecule has 0 saturated carbocycles. The summed E-state index contributed by atoms with van der Waals surface area (Å²) in [4.78, 5) is 0. The van der Waals surface area contributed by atoms with E-state index in [-0.39, 0.29) is 6.29 Å². The maximum atomic E-state index is 5.47. The third kappa shape index (κ3) is 6.43. The molecular weight excluding hydrogens is 204 g/mol. The lowest BCUT2D eigenvalue weighted by atomic mass is 10.2. The van der Waals surface area contributed by atoms with E-state index in [1.54, 1.807) is 0 Å². The zero-order chi connectivity index (χ0) is 11.8. The van der Waals surface area contributed by atoms with E-state index >= 15 is 0 Å². The lowest BCUT2D eigenvalue weighted by molar-refractivity contribution is -0.175. The zero-order valence-electron chi connectivity index (χ0n) is 10.8. The van der Waals surface area contributed by atoms with Crippen molar-refractivity contribution in [3.8, 4) is 0 Å². The molecule has 2 N–H and O–H groups in total. The Hall–Kier alpha value is -0.160. The molecule has 0 aliphatic carbocycles. The fourth-order valence-electron chi connectivity index (χ4n) is 1.61. The molecule has 4 heteroatoms. The first kappa shape index (κ1) is 13.9. The third-order valence-electron chi connectivity index (χ3n) is 2.53. The minimum Gasteiger partial charge on any atom is -0.351 e. The molecule has 16 heavy (non-hydrogen) atoms. The first-order valence-corrected chi connectivity index (χ1v) is 6.35. The van der Waals surface area contributed by atoms with Crippen LogP contribution in [0.5, 0.6) is 0 Å². The summed E-state index contributed by atoms with van der Waals surface area (Å²) in [5.41, 5.74) is 0. The molecular formula is C12H26N2O2. The summed E-state index contributed by atoms with van der Waals surface area (Å²) in [7, 11) is 0. The average molecular weight is 230 g/mol. The Bertz CT molecular complexity index is 170. The number of rotatable bonds is 7. The highest BCUT2D eigenvalue weighted by Gasteiger charge is 2.14. The van der Waals surface area contributed by atoms with Crippen LogP contribution in [0.25, 0.3) is 0 Å². The van der Waals surface area contributed by atoms with Crippen molar-refractivity contribution < 1.29 is 9.47 Å². The van der Waals surface area contributed by atoms with Gasteiger partial charge < -0.3 is 20.1 Å². The van der Waals surface area contributed by atoms with Gasteiger partial charge in [0.15, 0.2) is 6.29 Å². The fourth-order valence-corrected chi connectivity index (χ4v) is 1.61. The van der Waals surface area contributed by atoms with Crippen LogP contribution in [-0.2, 0) is 9.47 Å². The normalized spacial score (nSPS) is 20.2. The summed E-state index contributed by atoms with van der Waals surface area (Å²) in [6.45, 7) is 11.1. The Balaban J connectivity index is 1.98. The smallest absolute Gasteiger partial charge is 0.169 e. The average Bonchev–Trinajstić information content (AvgIpc) is 2.27. The highest BCUT2D eigenvalue weighted by atomic mass is 16.7. The number of hydrogen-bond donors (Lipinski definition) is 2. The van der Waals surface area contributed by atoms with Gasteiger partial charge in [0.25, 0.3) is 0 Å². The second kappa shape index (κ2) is 8.01. The molecule has 1 heterocycles. The molecule has 1 atom stereocenters. The fraction of sp³-hybridized carbons (Fsp3) is 1.00. The Kier molecular flexibility index (Phi) is 6.96. The number of ether oxygens (including phenoxy) is 2. The molecule has 0 aromatic heterocycles. The van der Waals surface area contributed by atoms with Gasteiger partial charge in [0, 0.05) is 19.1 Å². The van der Waals surface area contributed by atoms with Gasteiger partial charge in [-0.25, -0.2) is 0 Å². The van der Waals surface area contributed by atoms with Gasteiger partial charge in [-0.3, -0.25) is 0 Å². The van der Waals surface area contributed by atoms with Gasteiger partial charge in [0.05, 0.1) is 13.2 Å². The first-order chi connectivity index (χ1) is 7.68. The zero-order valence-corrected chi connectivity index (χ0v) is 10.8. The lowest BCUT2D eigenvalue weighted by Crippen LogP contribution is -2.43. The Morgan fingerprint density at radius 2 is 1.81 bits per heavy atom. The van der Waals surface area contributed by atoms with Gasteiger partial charge in [-0.1, -0.05) is 13.8 Å². The summed E-state index contributed by atoms with van der Waals surface area (Å²) < 4.78 is 10.9. The molecule has 0 aromatic rings. The summed E-state index contributed by atoms with van der Waals surface area (Å²) >= 11 is 0. The predicted molar refractivity (Wildman–Crippen MR) is 65.5 cm³/mol. The molecule has 1 saturated heterocycles. The Labute approximate surface area is 99.1 Å². The van der Waals surface area contributed by atoms with Gasteiger partial charge in [0.1, 0.15) is 0 Å². The summed E-state index contributed by atoms with van der Waals surface area (Å²) in [6.07, 6.45) is 0.962. The van der Waals surface area contributed by atoms with Crippen molar-refractivity contribution in [2.24, 2.45) is 5.92 Å². The molecule has 96 valence electrons. The van der Waals surface area contributed by atoms with Crippen LogP contribution in [0.2, 0.25) is 0 Å². The first-order valence-electron chi connectivity index (χ1n) is 6.35. The molecule has 1 aliphatic rings. The van der Waals surface area contributed by atoms with E-state index in [1.165, 1.54) is 0 Å². The highest BCUT2D eigenvalue weighted by Crippen LogP contribution is 2.03. The van der Waals surface area contributed by atoms with Gasteiger partial charge >= 0.3 is 0 Å². The maximum Gasteiger partial charge on any atom is 0.169 e. The minimum atomic E-state index is -0.0544. The van der Waals surface area contributed by atoms with E-state index in [0.717, 1.165) is 39.3 Å². The van der Waals surface area contributed by atoms with Crippen molar-refractivity contribution in [1.29, 1.82) is 0 Å². The molecule has 0 spiro atoms. The van der Waals surface area contributed by atoms with Gasteiger partial charge in [-0.05, 0) is 25.8 Å². The van der Waals surface area contributed by atoms with Crippen LogP contribution in [0.3, 0.4) is 0 Å². The summed E-state index contributed by atoms with van der Waals surface area (Å²) in [5.74, 6) is 0.706. The summed E-state index contributed by atoms with van der Waals surface area (Å²) in [6, 6.07) is 0.452. The molecule has 0 amide bonds. The van der Waals surface area contributed by atoms with Crippen LogP contribution >= 0.6 is 0 Å². The Morgan fingerprint density at radius 3 is 2.44 bits per heavy atom. The second-order valence-corrected chi connectivity index (χ2v) is 4.89. The van der Waals surface area contributed by atoms with Gasteiger partial charge in [0.2, 0.25) is 0 Å². The van der Waals surface area contributed by atoms with Crippen molar-refractivity contribution in [1.82, 2.24) is 10.6 Å². The Morgan fingerprint density at radius 1 is 1.12 bits per heavy atom. The number of hydrogen-bond acceptors (Lipinski definition) is 4. The largest absolute Gasteiger partial charge is 0.351 e. The second-order valence-electron chi connectivity index (χ2n) is 4.89. The molecule has 1 fully saturated rings. The van der Waals surface area contributed by atoms with Crippen LogP contribution in [0.4, 0.5) is 0 Å². The van der Waals surface area contributed by atoms with Crippen molar-refractivity contribution in [2.75, 3.05) is 32.8 Å². The molecule has 4 nitrogen and oxygen atoms in total. The highest BCUT2D eigenvalue weighted by molar-refractivity contribution is 4.66. The molecule has 0 aromatic carbocycles. The minimum absolute atomic E-state index is 0.0544. The molecule has 1 rings (SSSR count). The topological polar surface area (TPSA) is 42.5 Å². The van der Waals surface area contributed by atoms with E-state index in [4.69, 9.17) is 9.47 Å². The van der Waals surface area contributed by atoms with E-state index in [0.29, 0.717) is 12.0 Å². The van der Waals surface area contributed by atoms with E-state index < -0.39 is 0 Å². The van der Waals surface area contributed by atoms with E-state index in [9.17, 15) is 0 Å². The number of nitrogens with one attached hydrogen (secondary N) is 2. The lowest BCUT2D eigenvalue weighted by Gasteiger charge is -2.25. The van der Waals surface area contributed by atoms with Crippen LogP contribution in [-0.4, -0.2) is 45.2 Å². The van der Waals surface area contributed by atoms with Crippen LogP contribution in [0, 0.1) is 5.92 Å². The van der Waals surface area contributed by atoms with Crippen molar-refractivity contribution >= 4 is 0 Å². The quantitative estimate of drug-likeness (QED) is 0.684. The monoisotopic (exact) mass is 230 g/mol. The van der Waals surface area contributed by atoms with Gasteiger partial charge in [-0.15, -0.1) is 0 Å². The molecule has 0 radical (unpaired) electrons. The van der Waals surface area contributed by atoms with Crippen LogP contribution < -0.4 is 10.6 Å². The molecule has 1 aliphatic heterocycles. The molecule has 0 bridgehead atoms. The maximum absolute atomic E-state index is 5.47. The third-order valence-corrected chi connectivity index (χ3v) is 2.53. The van der Waals surface area contributed by atoms with Gasteiger partial charge in [-0.2, -0.15) is 0 Å².